The van der Waals surface area contributed by atoms with E-state index < -0.39 is 5.97 Å². The maximum absolute atomic E-state index is 11.4. The molecule has 0 aromatic heterocycles. The number of amidine groups is 1. The van der Waals surface area contributed by atoms with Crippen molar-refractivity contribution in [3.05, 3.63) is 40.3 Å². The molecule has 0 aliphatic carbocycles. The van der Waals surface area contributed by atoms with Crippen LogP contribution in [0.25, 0.3) is 10.4 Å². The van der Waals surface area contributed by atoms with Gasteiger partial charge >= 0.3 is 5.97 Å². The molecule has 1 rings (SSSR count). The SMILES string of the molecule is CCOC(=O)C(N=[N+]=[N-])=NNc1ccc(C)cc1. The van der Waals surface area contributed by atoms with Gasteiger partial charge in [-0.05, 0) is 36.6 Å². The molecule has 1 N–H and O–H groups in total. The molecule has 1 aromatic rings. The zero-order chi connectivity index (χ0) is 13.4. The minimum atomic E-state index is -0.769. The number of azide groups is 1. The summed E-state index contributed by atoms with van der Waals surface area (Å²) in [5.74, 6) is -1.13. The van der Waals surface area contributed by atoms with Gasteiger partial charge in [-0.1, -0.05) is 17.7 Å². The number of ether oxygens (including phenoxy) is 1. The highest BCUT2D eigenvalue weighted by atomic mass is 16.5. The molecule has 1 aromatic carbocycles. The largest absolute Gasteiger partial charge is 0.461 e. The summed E-state index contributed by atoms with van der Waals surface area (Å²) in [6.45, 7) is 3.79. The Labute approximate surface area is 104 Å². The molecular formula is C11H13N5O2. The predicted molar refractivity (Wildman–Crippen MR) is 68.0 cm³/mol. The predicted octanol–water partition coefficient (Wildman–Crippen LogP) is 2.59. The van der Waals surface area contributed by atoms with E-state index in [1.165, 1.54) is 0 Å². The summed E-state index contributed by atoms with van der Waals surface area (Å²) >= 11 is 0. The van der Waals surface area contributed by atoms with Crippen LogP contribution in [0.3, 0.4) is 0 Å². The Balaban J connectivity index is 2.80. The summed E-state index contributed by atoms with van der Waals surface area (Å²) < 4.78 is 4.69. The third kappa shape index (κ3) is 4.15. The average molecular weight is 247 g/mol. The second kappa shape index (κ2) is 6.93. The van der Waals surface area contributed by atoms with Crippen molar-refractivity contribution in [2.45, 2.75) is 13.8 Å². The first-order valence-corrected chi connectivity index (χ1v) is 5.30. The minimum Gasteiger partial charge on any atom is -0.461 e. The van der Waals surface area contributed by atoms with Gasteiger partial charge in [-0.2, -0.15) is 5.10 Å². The van der Waals surface area contributed by atoms with E-state index in [2.05, 4.69) is 25.3 Å². The number of aryl methyl sites for hydroxylation is 1. The summed E-state index contributed by atoms with van der Waals surface area (Å²) in [6, 6.07) is 7.35. The van der Waals surface area contributed by atoms with Gasteiger partial charge in [-0.15, -0.1) is 0 Å². The molecule has 0 aliphatic rings. The van der Waals surface area contributed by atoms with Crippen molar-refractivity contribution in [2.24, 2.45) is 10.2 Å². The van der Waals surface area contributed by atoms with Gasteiger partial charge in [0.15, 0.2) is 0 Å². The average Bonchev–Trinajstić information content (AvgIpc) is 2.36. The standard InChI is InChI=1S/C11H13N5O2/c1-3-18-11(17)10(15-16-12)14-13-9-6-4-8(2)5-7-9/h4-7,13H,3H2,1-2H3. The van der Waals surface area contributed by atoms with Crippen molar-refractivity contribution < 1.29 is 9.53 Å². The molecule has 0 fully saturated rings. The fourth-order valence-electron chi connectivity index (χ4n) is 1.09. The van der Waals surface area contributed by atoms with Crippen LogP contribution in [0.1, 0.15) is 12.5 Å². The van der Waals surface area contributed by atoms with Crippen molar-refractivity contribution in [1.82, 2.24) is 0 Å². The van der Waals surface area contributed by atoms with E-state index in [9.17, 15) is 4.79 Å². The van der Waals surface area contributed by atoms with Crippen molar-refractivity contribution in [2.75, 3.05) is 12.0 Å². The third-order valence-electron chi connectivity index (χ3n) is 1.94. The number of hydrazone groups is 1. The Kier molecular flexibility index (Phi) is 5.21. The number of hydrogen-bond acceptors (Lipinski definition) is 4. The molecule has 0 aliphatic heterocycles. The first-order valence-electron chi connectivity index (χ1n) is 5.30. The van der Waals surface area contributed by atoms with Crippen molar-refractivity contribution in [3.63, 3.8) is 0 Å². The second-order valence-electron chi connectivity index (χ2n) is 3.32. The van der Waals surface area contributed by atoms with E-state index in [4.69, 9.17) is 5.53 Å². The molecule has 0 bridgehead atoms. The fourth-order valence-corrected chi connectivity index (χ4v) is 1.09. The van der Waals surface area contributed by atoms with Gasteiger partial charge in [0.2, 0.25) is 5.84 Å². The number of carbonyl (C=O) groups is 1. The molecule has 18 heavy (non-hydrogen) atoms. The van der Waals surface area contributed by atoms with Crippen LogP contribution < -0.4 is 5.43 Å². The zero-order valence-corrected chi connectivity index (χ0v) is 10.1. The lowest BCUT2D eigenvalue weighted by Gasteiger charge is -2.03. The van der Waals surface area contributed by atoms with Gasteiger partial charge in [0.25, 0.3) is 0 Å². The molecule has 0 unspecified atom stereocenters. The molecule has 0 spiro atoms. The van der Waals surface area contributed by atoms with Crippen LogP contribution in [0.15, 0.2) is 34.5 Å². The quantitative estimate of drug-likeness (QED) is 0.169. The number of hydrogen-bond donors (Lipinski definition) is 1. The van der Waals surface area contributed by atoms with Crippen LogP contribution in [0.2, 0.25) is 0 Å². The lowest BCUT2D eigenvalue weighted by Crippen LogP contribution is -2.16. The van der Waals surface area contributed by atoms with Gasteiger partial charge in [0.1, 0.15) is 0 Å². The van der Waals surface area contributed by atoms with Crippen molar-refractivity contribution in [1.29, 1.82) is 0 Å². The number of benzene rings is 1. The number of nitrogens with zero attached hydrogens (tertiary/aromatic N) is 4. The molecule has 0 amide bonds. The van der Waals surface area contributed by atoms with E-state index in [1.54, 1.807) is 19.1 Å². The van der Waals surface area contributed by atoms with Crippen LogP contribution in [0.4, 0.5) is 5.69 Å². The topological polar surface area (TPSA) is 99.5 Å². The first kappa shape index (κ1) is 13.5. The molecule has 0 radical (unpaired) electrons. The summed E-state index contributed by atoms with van der Waals surface area (Å²) in [4.78, 5) is 13.9. The molecule has 7 heteroatoms. The number of anilines is 1. The van der Waals surface area contributed by atoms with Gasteiger partial charge in [-0.3, -0.25) is 5.43 Å². The molecule has 0 saturated carbocycles. The van der Waals surface area contributed by atoms with Gasteiger partial charge in [-0.25, -0.2) is 4.79 Å². The summed E-state index contributed by atoms with van der Waals surface area (Å²) in [5, 5.41) is 6.87. The zero-order valence-electron chi connectivity index (χ0n) is 10.1. The Morgan fingerprint density at radius 3 is 2.67 bits per heavy atom. The molecule has 94 valence electrons. The van der Waals surface area contributed by atoms with E-state index in [0.29, 0.717) is 5.69 Å². The van der Waals surface area contributed by atoms with Crippen LogP contribution in [0, 0.1) is 6.92 Å². The van der Waals surface area contributed by atoms with Crippen LogP contribution in [-0.2, 0) is 9.53 Å². The Bertz CT molecular complexity index is 489. The number of carbonyl (C=O) groups excluding carboxylic acids is 1. The highest BCUT2D eigenvalue weighted by Crippen LogP contribution is 2.08. The highest BCUT2D eigenvalue weighted by molar-refractivity contribution is 6.35. The van der Waals surface area contributed by atoms with Gasteiger partial charge in [0, 0.05) is 4.91 Å². The molecule has 0 heterocycles. The summed E-state index contributed by atoms with van der Waals surface area (Å²) in [6.07, 6.45) is 0. The van der Waals surface area contributed by atoms with Gasteiger partial charge in [0.05, 0.1) is 12.3 Å². The van der Waals surface area contributed by atoms with E-state index in [1.807, 2.05) is 19.1 Å². The Morgan fingerprint density at radius 2 is 2.11 bits per heavy atom. The second-order valence-corrected chi connectivity index (χ2v) is 3.32. The van der Waals surface area contributed by atoms with Crippen LogP contribution in [0.5, 0.6) is 0 Å². The van der Waals surface area contributed by atoms with E-state index in [0.717, 1.165) is 5.56 Å². The maximum Gasteiger partial charge on any atom is 0.361 e. The van der Waals surface area contributed by atoms with Gasteiger partial charge < -0.3 is 4.74 Å². The highest BCUT2D eigenvalue weighted by Gasteiger charge is 2.10. The lowest BCUT2D eigenvalue weighted by atomic mass is 10.2. The number of rotatable bonds is 3. The summed E-state index contributed by atoms with van der Waals surface area (Å²) in [5.41, 5.74) is 12.7. The smallest absolute Gasteiger partial charge is 0.361 e. The molecule has 0 saturated heterocycles. The molecular weight excluding hydrogens is 234 g/mol. The molecule has 7 nitrogen and oxygen atoms in total. The van der Waals surface area contributed by atoms with E-state index in [-0.39, 0.29) is 12.4 Å². The lowest BCUT2D eigenvalue weighted by molar-refractivity contribution is -0.135. The number of nitrogens with one attached hydrogen (secondary N) is 1. The van der Waals surface area contributed by atoms with Crippen LogP contribution in [-0.4, -0.2) is 18.4 Å². The normalized spacial score (nSPS) is 10.4. The van der Waals surface area contributed by atoms with Crippen molar-refractivity contribution >= 4 is 17.5 Å². The van der Waals surface area contributed by atoms with Crippen molar-refractivity contribution in [3.8, 4) is 0 Å². The first-order chi connectivity index (χ1) is 8.67. The van der Waals surface area contributed by atoms with Crippen LogP contribution >= 0.6 is 0 Å². The Hall–Kier alpha value is -2.53. The van der Waals surface area contributed by atoms with E-state index >= 15 is 0 Å². The minimum absolute atomic E-state index is 0.184. The third-order valence-corrected chi connectivity index (χ3v) is 1.94. The monoisotopic (exact) mass is 247 g/mol. The maximum atomic E-state index is 11.4. The fraction of sp³-hybridized carbons (Fsp3) is 0.273. The Morgan fingerprint density at radius 1 is 1.44 bits per heavy atom. The number of esters is 1. The molecule has 0 atom stereocenters. The summed E-state index contributed by atoms with van der Waals surface area (Å²) in [7, 11) is 0.